The molecule has 0 amide bonds. The molecule has 3 nitrogen and oxygen atoms in total. The van der Waals surface area contributed by atoms with Gasteiger partial charge in [0, 0.05) is 18.8 Å². The summed E-state index contributed by atoms with van der Waals surface area (Å²) < 4.78 is 4.55. The van der Waals surface area contributed by atoms with Crippen LogP contribution in [0.25, 0.3) is 0 Å². The normalized spacial score (nSPS) is 9.38. The van der Waals surface area contributed by atoms with E-state index in [9.17, 15) is 4.79 Å². The van der Waals surface area contributed by atoms with Crippen molar-refractivity contribution < 1.29 is 9.53 Å². The van der Waals surface area contributed by atoms with Crippen LogP contribution in [-0.4, -0.2) is 26.7 Å². The second-order valence-electron chi connectivity index (χ2n) is 2.68. The Labute approximate surface area is 77.9 Å². The van der Waals surface area contributed by atoms with Crippen LogP contribution in [0.3, 0.4) is 0 Å². The summed E-state index contributed by atoms with van der Waals surface area (Å²) in [7, 11) is 3.20. The molecular formula is C10H12NO2. The van der Waals surface area contributed by atoms with Crippen molar-refractivity contribution in [2.45, 2.75) is 0 Å². The van der Waals surface area contributed by atoms with Gasteiger partial charge in [-0.3, -0.25) is 4.79 Å². The fourth-order valence-corrected chi connectivity index (χ4v) is 0.965. The predicted molar refractivity (Wildman–Crippen MR) is 50.6 cm³/mol. The molecule has 0 aliphatic heterocycles. The molecule has 0 fully saturated rings. The first-order valence-electron chi connectivity index (χ1n) is 3.98. The van der Waals surface area contributed by atoms with Crippen LogP contribution in [0.5, 0.6) is 0 Å². The van der Waals surface area contributed by atoms with Crippen molar-refractivity contribution in [3.8, 4) is 0 Å². The van der Waals surface area contributed by atoms with E-state index in [0.717, 1.165) is 5.69 Å². The molecule has 1 aromatic carbocycles. The van der Waals surface area contributed by atoms with Crippen LogP contribution < -0.4 is 4.90 Å². The van der Waals surface area contributed by atoms with E-state index in [4.69, 9.17) is 0 Å². The molecular weight excluding hydrogens is 166 g/mol. The third kappa shape index (κ3) is 2.78. The number of para-hydroxylation sites is 1. The van der Waals surface area contributed by atoms with Crippen LogP contribution in [0.2, 0.25) is 0 Å². The SMILES string of the molecule is COC(=O)CN(C)c1[c]cccc1. The molecule has 0 unspecified atom stereocenters. The summed E-state index contributed by atoms with van der Waals surface area (Å²) in [5, 5.41) is 0. The van der Waals surface area contributed by atoms with Gasteiger partial charge in [0.15, 0.2) is 0 Å². The first kappa shape index (κ1) is 9.58. The highest BCUT2D eigenvalue weighted by atomic mass is 16.5. The summed E-state index contributed by atoms with van der Waals surface area (Å²) in [4.78, 5) is 12.7. The van der Waals surface area contributed by atoms with E-state index in [1.165, 1.54) is 7.11 Å². The van der Waals surface area contributed by atoms with E-state index in [-0.39, 0.29) is 12.5 Å². The third-order valence-corrected chi connectivity index (χ3v) is 1.70. The second-order valence-corrected chi connectivity index (χ2v) is 2.68. The predicted octanol–water partition coefficient (Wildman–Crippen LogP) is 1.10. The molecule has 69 valence electrons. The van der Waals surface area contributed by atoms with Crippen LogP contribution in [0.1, 0.15) is 0 Å². The maximum Gasteiger partial charge on any atom is 0.325 e. The minimum absolute atomic E-state index is 0.247. The third-order valence-electron chi connectivity index (χ3n) is 1.70. The maximum atomic E-state index is 10.9. The smallest absolute Gasteiger partial charge is 0.325 e. The van der Waals surface area contributed by atoms with Gasteiger partial charge >= 0.3 is 5.97 Å². The molecule has 1 aromatic rings. The molecule has 13 heavy (non-hydrogen) atoms. The Morgan fingerprint density at radius 2 is 2.38 bits per heavy atom. The molecule has 1 radical (unpaired) electrons. The van der Waals surface area contributed by atoms with Gasteiger partial charge in [-0.15, -0.1) is 0 Å². The number of methoxy groups -OCH3 is 1. The van der Waals surface area contributed by atoms with E-state index < -0.39 is 0 Å². The Morgan fingerprint density at radius 3 is 2.92 bits per heavy atom. The lowest BCUT2D eigenvalue weighted by molar-refractivity contribution is -0.138. The van der Waals surface area contributed by atoms with Crippen LogP contribution in [0.4, 0.5) is 5.69 Å². The Kier molecular flexibility index (Phi) is 3.31. The first-order valence-corrected chi connectivity index (χ1v) is 3.98. The molecule has 0 bridgehead atoms. The number of likely N-dealkylation sites (N-methyl/N-ethyl adjacent to an activating group) is 1. The molecule has 0 spiro atoms. The molecule has 0 heterocycles. The minimum atomic E-state index is -0.250. The molecule has 3 heteroatoms. The van der Waals surface area contributed by atoms with Gasteiger partial charge in [-0.2, -0.15) is 0 Å². The number of carbonyl (C=O) groups is 1. The first-order chi connectivity index (χ1) is 6.24. The number of benzene rings is 1. The van der Waals surface area contributed by atoms with Gasteiger partial charge in [-0.05, 0) is 6.07 Å². The summed E-state index contributed by atoms with van der Waals surface area (Å²) in [6.07, 6.45) is 0. The number of esters is 1. The van der Waals surface area contributed by atoms with E-state index in [0.29, 0.717) is 0 Å². The van der Waals surface area contributed by atoms with Crippen molar-refractivity contribution in [2.75, 3.05) is 25.6 Å². The van der Waals surface area contributed by atoms with Crippen molar-refractivity contribution >= 4 is 11.7 Å². The van der Waals surface area contributed by atoms with Gasteiger partial charge < -0.3 is 9.64 Å². The number of anilines is 1. The average Bonchev–Trinajstić information content (AvgIpc) is 2.19. The molecule has 0 atom stereocenters. The summed E-state index contributed by atoms with van der Waals surface area (Å²) in [5.74, 6) is -0.250. The summed E-state index contributed by atoms with van der Waals surface area (Å²) >= 11 is 0. The van der Waals surface area contributed by atoms with Crippen molar-refractivity contribution in [1.82, 2.24) is 0 Å². The number of hydrogen-bond donors (Lipinski definition) is 0. The van der Waals surface area contributed by atoms with Gasteiger partial charge in [0.1, 0.15) is 6.54 Å². The highest BCUT2D eigenvalue weighted by Gasteiger charge is 2.05. The Morgan fingerprint density at radius 1 is 1.62 bits per heavy atom. The summed E-state index contributed by atoms with van der Waals surface area (Å²) in [6, 6.07) is 10.5. The van der Waals surface area contributed by atoms with Crippen LogP contribution >= 0.6 is 0 Å². The van der Waals surface area contributed by atoms with Gasteiger partial charge in [-0.1, -0.05) is 18.2 Å². The number of carbonyl (C=O) groups excluding carboxylic acids is 1. The van der Waals surface area contributed by atoms with Crippen LogP contribution in [-0.2, 0) is 9.53 Å². The lowest BCUT2D eigenvalue weighted by Gasteiger charge is -2.16. The number of hydrogen-bond acceptors (Lipinski definition) is 3. The highest BCUT2D eigenvalue weighted by molar-refractivity contribution is 5.75. The fourth-order valence-electron chi connectivity index (χ4n) is 0.965. The average molecular weight is 178 g/mol. The molecule has 0 saturated carbocycles. The quantitative estimate of drug-likeness (QED) is 0.649. The van der Waals surface area contributed by atoms with Crippen molar-refractivity contribution in [2.24, 2.45) is 0 Å². The highest BCUT2D eigenvalue weighted by Crippen LogP contribution is 2.09. The van der Waals surface area contributed by atoms with E-state index >= 15 is 0 Å². The molecule has 0 N–H and O–H groups in total. The van der Waals surface area contributed by atoms with Crippen molar-refractivity contribution in [3.05, 3.63) is 30.3 Å². The van der Waals surface area contributed by atoms with Gasteiger partial charge in [0.2, 0.25) is 0 Å². The number of nitrogens with zero attached hydrogens (tertiary/aromatic N) is 1. The zero-order valence-corrected chi connectivity index (χ0v) is 7.78. The van der Waals surface area contributed by atoms with Gasteiger partial charge in [-0.25, -0.2) is 0 Å². The molecule has 0 aliphatic rings. The van der Waals surface area contributed by atoms with Crippen molar-refractivity contribution in [1.29, 1.82) is 0 Å². The van der Waals surface area contributed by atoms with E-state index in [2.05, 4.69) is 10.8 Å². The van der Waals surface area contributed by atoms with Crippen molar-refractivity contribution in [3.63, 3.8) is 0 Å². The second kappa shape index (κ2) is 4.50. The standard InChI is InChI=1S/C10H12NO2/c1-11(8-10(12)13-2)9-6-4-3-5-7-9/h3-6H,8H2,1-2H3. The lowest BCUT2D eigenvalue weighted by Crippen LogP contribution is -2.26. The molecule has 1 rings (SSSR count). The number of rotatable bonds is 3. The fraction of sp³-hybridized carbons (Fsp3) is 0.300. The molecule has 0 saturated heterocycles. The van der Waals surface area contributed by atoms with Crippen LogP contribution in [0.15, 0.2) is 24.3 Å². The largest absolute Gasteiger partial charge is 0.468 e. The molecule has 0 aliphatic carbocycles. The monoisotopic (exact) mass is 178 g/mol. The van der Waals surface area contributed by atoms with Gasteiger partial charge in [0.05, 0.1) is 7.11 Å². The topological polar surface area (TPSA) is 29.5 Å². The Hall–Kier alpha value is -1.51. The lowest BCUT2D eigenvalue weighted by atomic mass is 10.3. The Balaban J connectivity index is 2.59. The molecule has 0 aromatic heterocycles. The summed E-state index contributed by atoms with van der Waals surface area (Å²) in [5.41, 5.74) is 0.882. The zero-order valence-electron chi connectivity index (χ0n) is 7.78. The van der Waals surface area contributed by atoms with Crippen LogP contribution in [0, 0.1) is 6.07 Å². The minimum Gasteiger partial charge on any atom is -0.468 e. The summed E-state index contributed by atoms with van der Waals surface area (Å²) in [6.45, 7) is 0.247. The maximum absolute atomic E-state index is 10.9. The Bertz CT molecular complexity index is 272. The van der Waals surface area contributed by atoms with E-state index in [1.54, 1.807) is 4.90 Å². The van der Waals surface area contributed by atoms with E-state index in [1.807, 2.05) is 31.3 Å². The number of ether oxygens (including phenoxy) is 1. The zero-order chi connectivity index (χ0) is 9.68. The van der Waals surface area contributed by atoms with Gasteiger partial charge in [0.25, 0.3) is 0 Å².